The van der Waals surface area contributed by atoms with Gasteiger partial charge in [0.15, 0.2) is 0 Å². The van der Waals surface area contributed by atoms with E-state index in [4.69, 9.17) is 0 Å². The summed E-state index contributed by atoms with van der Waals surface area (Å²) in [5.74, 6) is 0. The highest BCUT2D eigenvalue weighted by Crippen LogP contribution is 2.21. The molecule has 0 saturated heterocycles. The number of hydrogen-bond donors (Lipinski definition) is 2. The van der Waals surface area contributed by atoms with Crippen molar-refractivity contribution in [1.82, 2.24) is 5.32 Å². The van der Waals surface area contributed by atoms with Crippen molar-refractivity contribution in [2.45, 2.75) is 25.1 Å². The number of non-ortho nitro benzene ring substituents is 1. The van der Waals surface area contributed by atoms with E-state index in [0.29, 0.717) is 5.56 Å². The molecule has 0 saturated carbocycles. The molecule has 0 aliphatic heterocycles. The zero-order valence-corrected chi connectivity index (χ0v) is 10.6. The highest BCUT2D eigenvalue weighted by molar-refractivity contribution is 5.33. The third-order valence-corrected chi connectivity index (χ3v) is 2.64. The van der Waals surface area contributed by atoms with Crippen LogP contribution in [0.3, 0.4) is 0 Å². The van der Waals surface area contributed by atoms with Crippen molar-refractivity contribution in [2.75, 3.05) is 13.1 Å². The van der Waals surface area contributed by atoms with Gasteiger partial charge in [0.25, 0.3) is 5.69 Å². The first kappa shape index (κ1) is 16.4. The molecule has 0 amide bonds. The number of aliphatic hydroxyl groups excluding tert-OH is 1. The fourth-order valence-corrected chi connectivity index (χ4v) is 1.59. The summed E-state index contributed by atoms with van der Waals surface area (Å²) >= 11 is 0. The molecular formula is C12H15F3N2O3. The summed E-state index contributed by atoms with van der Waals surface area (Å²) in [5.41, 5.74) is 0.387. The van der Waals surface area contributed by atoms with E-state index in [-0.39, 0.29) is 25.2 Å². The molecule has 1 unspecified atom stereocenters. The fourth-order valence-electron chi connectivity index (χ4n) is 1.59. The first-order chi connectivity index (χ1) is 9.29. The lowest BCUT2D eigenvalue weighted by molar-refractivity contribution is -0.384. The molecule has 1 aromatic carbocycles. The zero-order chi connectivity index (χ0) is 15.2. The van der Waals surface area contributed by atoms with Gasteiger partial charge in [-0.05, 0) is 30.7 Å². The van der Waals surface area contributed by atoms with Crippen LogP contribution in [0.15, 0.2) is 24.3 Å². The second-order valence-corrected chi connectivity index (χ2v) is 4.29. The van der Waals surface area contributed by atoms with Gasteiger partial charge in [-0.3, -0.25) is 10.1 Å². The predicted molar refractivity (Wildman–Crippen MR) is 66.2 cm³/mol. The van der Waals surface area contributed by atoms with Crippen LogP contribution in [-0.4, -0.2) is 29.3 Å². The minimum absolute atomic E-state index is 0.0590. The first-order valence-corrected chi connectivity index (χ1v) is 5.99. The Morgan fingerprint density at radius 3 is 2.40 bits per heavy atom. The van der Waals surface area contributed by atoms with Crippen LogP contribution in [0.1, 0.15) is 24.5 Å². The van der Waals surface area contributed by atoms with E-state index in [0.717, 1.165) is 0 Å². The second-order valence-electron chi connectivity index (χ2n) is 4.29. The van der Waals surface area contributed by atoms with Crippen LogP contribution in [0, 0.1) is 10.1 Å². The smallest absolute Gasteiger partial charge is 0.387 e. The van der Waals surface area contributed by atoms with Crippen LogP contribution in [0.25, 0.3) is 0 Å². The van der Waals surface area contributed by atoms with Gasteiger partial charge in [0.05, 0.1) is 11.0 Å². The summed E-state index contributed by atoms with van der Waals surface area (Å²) in [6, 6.07) is 5.37. The number of nitro groups is 1. The molecule has 112 valence electrons. The summed E-state index contributed by atoms with van der Waals surface area (Å²) in [5, 5.41) is 22.9. The molecule has 1 aromatic rings. The van der Waals surface area contributed by atoms with Gasteiger partial charge >= 0.3 is 6.18 Å². The average molecular weight is 292 g/mol. The highest BCUT2D eigenvalue weighted by Gasteiger charge is 2.25. The average Bonchev–Trinajstić information content (AvgIpc) is 2.37. The summed E-state index contributed by atoms with van der Waals surface area (Å²) in [4.78, 5) is 9.90. The van der Waals surface area contributed by atoms with Crippen molar-refractivity contribution in [3.63, 3.8) is 0 Å². The first-order valence-electron chi connectivity index (χ1n) is 5.99. The molecule has 20 heavy (non-hydrogen) atoms. The Labute approximate surface area is 113 Å². The number of nitrogens with one attached hydrogen (secondary N) is 1. The largest absolute Gasteiger partial charge is 0.389 e. The Kier molecular flexibility index (Phi) is 5.90. The second kappa shape index (κ2) is 7.20. The minimum atomic E-state index is -4.17. The monoisotopic (exact) mass is 292 g/mol. The van der Waals surface area contributed by atoms with Crippen LogP contribution in [0.2, 0.25) is 0 Å². The number of nitro benzene ring substituents is 1. The van der Waals surface area contributed by atoms with Crippen LogP contribution >= 0.6 is 0 Å². The molecule has 0 aliphatic carbocycles. The molecular weight excluding hydrogens is 277 g/mol. The van der Waals surface area contributed by atoms with Crippen molar-refractivity contribution in [2.24, 2.45) is 0 Å². The van der Waals surface area contributed by atoms with Gasteiger partial charge in [0.1, 0.15) is 0 Å². The third-order valence-electron chi connectivity index (χ3n) is 2.64. The van der Waals surface area contributed by atoms with Crippen molar-refractivity contribution in [1.29, 1.82) is 0 Å². The van der Waals surface area contributed by atoms with Gasteiger partial charge in [-0.1, -0.05) is 0 Å². The number of hydrogen-bond acceptors (Lipinski definition) is 4. The van der Waals surface area contributed by atoms with E-state index >= 15 is 0 Å². The molecule has 1 rings (SSSR count). The number of alkyl halides is 3. The van der Waals surface area contributed by atoms with Gasteiger partial charge in [-0.15, -0.1) is 0 Å². The summed E-state index contributed by atoms with van der Waals surface area (Å²) in [6.07, 6.45) is -6.01. The van der Waals surface area contributed by atoms with Crippen LogP contribution in [0.5, 0.6) is 0 Å². The molecule has 0 spiro atoms. The van der Waals surface area contributed by atoms with Crippen molar-refractivity contribution >= 4 is 5.69 Å². The highest BCUT2D eigenvalue weighted by atomic mass is 19.4. The maximum Gasteiger partial charge on any atom is 0.389 e. The number of aliphatic hydroxyl groups is 1. The summed E-state index contributed by atoms with van der Waals surface area (Å²) in [6.45, 7) is 0.235. The van der Waals surface area contributed by atoms with Gasteiger partial charge in [0.2, 0.25) is 0 Å². The number of benzene rings is 1. The molecule has 0 heterocycles. The molecule has 5 nitrogen and oxygen atoms in total. The molecule has 2 N–H and O–H groups in total. The lowest BCUT2D eigenvalue weighted by Gasteiger charge is -2.12. The zero-order valence-electron chi connectivity index (χ0n) is 10.6. The van der Waals surface area contributed by atoms with E-state index in [1.165, 1.54) is 24.3 Å². The molecule has 0 aromatic heterocycles. The third kappa shape index (κ3) is 5.98. The SMILES string of the molecule is O=[N+]([O-])c1ccc(C(O)CNCCCC(F)(F)F)cc1. The van der Waals surface area contributed by atoms with Crippen molar-refractivity contribution in [3.8, 4) is 0 Å². The predicted octanol–water partition coefficient (Wildman–Crippen LogP) is 2.56. The maximum absolute atomic E-state index is 11.9. The Bertz CT molecular complexity index is 435. The Hall–Kier alpha value is -1.67. The maximum atomic E-state index is 11.9. The van der Waals surface area contributed by atoms with E-state index in [9.17, 15) is 28.4 Å². The van der Waals surface area contributed by atoms with E-state index in [1.54, 1.807) is 0 Å². The van der Waals surface area contributed by atoms with Crippen molar-refractivity contribution < 1.29 is 23.2 Å². The molecule has 0 aliphatic rings. The topological polar surface area (TPSA) is 75.4 Å². The van der Waals surface area contributed by atoms with Crippen LogP contribution in [0.4, 0.5) is 18.9 Å². The van der Waals surface area contributed by atoms with E-state index in [2.05, 4.69) is 5.32 Å². The minimum Gasteiger partial charge on any atom is -0.387 e. The van der Waals surface area contributed by atoms with Gasteiger partial charge in [-0.2, -0.15) is 13.2 Å². The summed E-state index contributed by atoms with van der Waals surface area (Å²) < 4.78 is 35.6. The lowest BCUT2D eigenvalue weighted by Crippen LogP contribution is -2.23. The van der Waals surface area contributed by atoms with Crippen LogP contribution in [-0.2, 0) is 0 Å². The Morgan fingerprint density at radius 2 is 1.90 bits per heavy atom. The van der Waals surface area contributed by atoms with Gasteiger partial charge < -0.3 is 10.4 Å². The number of halogens is 3. The molecule has 0 fully saturated rings. The van der Waals surface area contributed by atoms with Gasteiger partial charge in [-0.25, -0.2) is 0 Å². The Morgan fingerprint density at radius 1 is 1.30 bits per heavy atom. The van der Waals surface area contributed by atoms with E-state index < -0.39 is 23.6 Å². The standard InChI is InChI=1S/C12H15F3N2O3/c13-12(14,15)6-1-7-16-8-11(18)9-2-4-10(5-3-9)17(19)20/h2-5,11,16,18H,1,6-8H2. The molecule has 1 atom stereocenters. The fraction of sp³-hybridized carbons (Fsp3) is 0.500. The number of rotatable bonds is 7. The quantitative estimate of drug-likeness (QED) is 0.460. The molecule has 0 radical (unpaired) electrons. The normalized spacial score (nSPS) is 13.2. The summed E-state index contributed by atoms with van der Waals surface area (Å²) in [7, 11) is 0. The molecule has 8 heteroatoms. The number of nitrogens with zero attached hydrogens (tertiary/aromatic N) is 1. The van der Waals surface area contributed by atoms with E-state index in [1.807, 2.05) is 0 Å². The van der Waals surface area contributed by atoms with Crippen molar-refractivity contribution in [3.05, 3.63) is 39.9 Å². The van der Waals surface area contributed by atoms with Gasteiger partial charge in [0, 0.05) is 25.1 Å². The molecule has 0 bridgehead atoms. The lowest BCUT2D eigenvalue weighted by atomic mass is 10.1. The Balaban J connectivity index is 2.32. The van der Waals surface area contributed by atoms with Crippen LogP contribution < -0.4 is 5.32 Å².